The van der Waals surface area contributed by atoms with Crippen molar-refractivity contribution >= 4 is 27.8 Å². The molecule has 6 heteroatoms. The highest BCUT2D eigenvalue weighted by Crippen LogP contribution is 2.15. The molecule has 0 spiro atoms. The van der Waals surface area contributed by atoms with Crippen LogP contribution in [-0.2, 0) is 17.3 Å². The predicted octanol–water partition coefficient (Wildman–Crippen LogP) is 1.50. The standard InChI is InChI=1S/C12H14N2O3S/c1-2-18(17)6-5-14-8-13-10-7-9(12(15)16)3-4-11(10)14/h3-4,7-8H,2,5-6H2,1H3,(H,15,16). The van der Waals surface area contributed by atoms with E-state index in [2.05, 4.69) is 4.98 Å². The number of rotatable bonds is 5. The molecule has 96 valence electrons. The second-order valence-electron chi connectivity index (χ2n) is 3.88. The Balaban J connectivity index is 2.26. The van der Waals surface area contributed by atoms with Gasteiger partial charge >= 0.3 is 5.97 Å². The number of carboxylic acids is 1. The summed E-state index contributed by atoms with van der Waals surface area (Å²) in [6.07, 6.45) is 1.66. The highest BCUT2D eigenvalue weighted by molar-refractivity contribution is 7.84. The van der Waals surface area contributed by atoms with E-state index < -0.39 is 16.8 Å². The Morgan fingerprint density at radius 2 is 2.28 bits per heavy atom. The summed E-state index contributed by atoms with van der Waals surface area (Å²) >= 11 is 0. The second kappa shape index (κ2) is 5.30. The van der Waals surface area contributed by atoms with Gasteiger partial charge in [0.05, 0.1) is 22.9 Å². The maximum Gasteiger partial charge on any atom is 0.335 e. The van der Waals surface area contributed by atoms with Crippen molar-refractivity contribution in [3.05, 3.63) is 30.1 Å². The minimum Gasteiger partial charge on any atom is -0.478 e. The van der Waals surface area contributed by atoms with Gasteiger partial charge in [-0.25, -0.2) is 9.78 Å². The highest BCUT2D eigenvalue weighted by Gasteiger charge is 2.08. The van der Waals surface area contributed by atoms with E-state index in [-0.39, 0.29) is 5.56 Å². The first-order chi connectivity index (χ1) is 8.61. The lowest BCUT2D eigenvalue weighted by Gasteiger charge is -2.03. The van der Waals surface area contributed by atoms with Crippen molar-refractivity contribution in [2.45, 2.75) is 13.5 Å². The smallest absolute Gasteiger partial charge is 0.335 e. The van der Waals surface area contributed by atoms with Crippen LogP contribution in [0.3, 0.4) is 0 Å². The number of benzene rings is 1. The fourth-order valence-corrected chi connectivity index (χ4v) is 2.41. The Morgan fingerprint density at radius 3 is 2.94 bits per heavy atom. The van der Waals surface area contributed by atoms with Crippen molar-refractivity contribution in [3.8, 4) is 0 Å². The molecule has 1 N–H and O–H groups in total. The second-order valence-corrected chi connectivity index (χ2v) is 5.74. The van der Waals surface area contributed by atoms with Gasteiger partial charge in [-0.05, 0) is 18.2 Å². The molecule has 1 aromatic heterocycles. The number of carbonyl (C=O) groups is 1. The van der Waals surface area contributed by atoms with Gasteiger partial charge in [0.15, 0.2) is 0 Å². The first-order valence-corrected chi connectivity index (χ1v) is 7.13. The molecular weight excluding hydrogens is 252 g/mol. The SMILES string of the molecule is CCS(=O)CCn1cnc2cc(C(=O)O)ccc21. The Morgan fingerprint density at radius 1 is 1.50 bits per heavy atom. The molecule has 2 aromatic rings. The summed E-state index contributed by atoms with van der Waals surface area (Å²) in [5.41, 5.74) is 1.75. The van der Waals surface area contributed by atoms with Gasteiger partial charge in [0, 0.05) is 28.9 Å². The van der Waals surface area contributed by atoms with Gasteiger partial charge in [0.1, 0.15) is 0 Å². The number of fused-ring (bicyclic) bond motifs is 1. The molecule has 0 fully saturated rings. The fraction of sp³-hybridized carbons (Fsp3) is 0.333. The maximum absolute atomic E-state index is 11.4. The van der Waals surface area contributed by atoms with Crippen LogP contribution >= 0.6 is 0 Å². The van der Waals surface area contributed by atoms with E-state index in [1.807, 2.05) is 11.5 Å². The fourth-order valence-electron chi connectivity index (χ4n) is 1.72. The first-order valence-electron chi connectivity index (χ1n) is 5.65. The van der Waals surface area contributed by atoms with E-state index in [1.54, 1.807) is 24.5 Å². The van der Waals surface area contributed by atoms with Crippen LogP contribution in [0.2, 0.25) is 0 Å². The van der Waals surface area contributed by atoms with E-state index in [4.69, 9.17) is 5.11 Å². The Labute approximate surface area is 107 Å². The van der Waals surface area contributed by atoms with Gasteiger partial charge in [0.25, 0.3) is 0 Å². The molecular formula is C12H14N2O3S. The van der Waals surface area contributed by atoms with Crippen molar-refractivity contribution in [2.75, 3.05) is 11.5 Å². The largest absolute Gasteiger partial charge is 0.478 e. The zero-order valence-electron chi connectivity index (χ0n) is 10.00. The topological polar surface area (TPSA) is 72.2 Å². The van der Waals surface area contributed by atoms with Crippen molar-refractivity contribution in [1.82, 2.24) is 9.55 Å². The third kappa shape index (κ3) is 2.59. The van der Waals surface area contributed by atoms with Gasteiger partial charge in [-0.3, -0.25) is 4.21 Å². The third-order valence-corrected chi connectivity index (χ3v) is 4.03. The lowest BCUT2D eigenvalue weighted by molar-refractivity contribution is 0.0697. The number of nitrogens with zero attached hydrogens (tertiary/aromatic N) is 2. The third-order valence-electron chi connectivity index (χ3n) is 2.75. The van der Waals surface area contributed by atoms with Crippen LogP contribution in [-0.4, -0.2) is 36.3 Å². The average molecular weight is 266 g/mol. The monoisotopic (exact) mass is 266 g/mol. The molecule has 0 aliphatic heterocycles. The van der Waals surface area contributed by atoms with Gasteiger partial charge in [-0.1, -0.05) is 6.92 Å². The van der Waals surface area contributed by atoms with Gasteiger partial charge in [0.2, 0.25) is 0 Å². The van der Waals surface area contributed by atoms with Crippen LogP contribution in [0.25, 0.3) is 11.0 Å². The lowest BCUT2D eigenvalue weighted by Crippen LogP contribution is -2.08. The number of hydrogen-bond donors (Lipinski definition) is 1. The summed E-state index contributed by atoms with van der Waals surface area (Å²) in [5, 5.41) is 8.88. The molecule has 0 radical (unpaired) electrons. The first kappa shape index (κ1) is 12.8. The van der Waals surface area contributed by atoms with E-state index in [0.29, 0.717) is 23.6 Å². The number of hydrogen-bond acceptors (Lipinski definition) is 3. The number of imidazole rings is 1. The molecule has 0 bridgehead atoms. The maximum atomic E-state index is 11.4. The summed E-state index contributed by atoms with van der Waals surface area (Å²) in [5.74, 6) is 0.275. The van der Waals surface area contributed by atoms with Crippen LogP contribution in [0.1, 0.15) is 17.3 Å². The van der Waals surface area contributed by atoms with Crippen molar-refractivity contribution in [3.63, 3.8) is 0 Å². The minimum atomic E-state index is -0.960. The number of aromatic nitrogens is 2. The molecule has 0 aliphatic carbocycles. The number of carboxylic acid groups (broad SMARTS) is 1. The molecule has 0 saturated heterocycles. The number of aromatic carboxylic acids is 1. The van der Waals surface area contributed by atoms with Crippen molar-refractivity contribution < 1.29 is 14.1 Å². The van der Waals surface area contributed by atoms with E-state index in [0.717, 1.165) is 5.52 Å². The molecule has 0 amide bonds. The summed E-state index contributed by atoms with van der Waals surface area (Å²) in [6, 6.07) is 4.84. The molecule has 0 saturated carbocycles. The Bertz CT molecular complexity index is 606. The van der Waals surface area contributed by atoms with Crippen molar-refractivity contribution in [2.24, 2.45) is 0 Å². The summed E-state index contributed by atoms with van der Waals surface area (Å²) < 4.78 is 13.3. The average Bonchev–Trinajstić information content (AvgIpc) is 2.78. The highest BCUT2D eigenvalue weighted by atomic mass is 32.2. The molecule has 1 aromatic carbocycles. The van der Waals surface area contributed by atoms with Crippen molar-refractivity contribution in [1.29, 1.82) is 0 Å². The van der Waals surface area contributed by atoms with E-state index in [9.17, 15) is 9.00 Å². The van der Waals surface area contributed by atoms with Gasteiger partial charge < -0.3 is 9.67 Å². The molecule has 0 aliphatic rings. The van der Waals surface area contributed by atoms with Crippen LogP contribution in [0.5, 0.6) is 0 Å². The molecule has 18 heavy (non-hydrogen) atoms. The lowest BCUT2D eigenvalue weighted by atomic mass is 10.2. The van der Waals surface area contributed by atoms with Crippen LogP contribution in [0.15, 0.2) is 24.5 Å². The summed E-state index contributed by atoms with van der Waals surface area (Å²) in [6.45, 7) is 2.52. The minimum absolute atomic E-state index is 0.227. The van der Waals surface area contributed by atoms with Crippen LogP contribution < -0.4 is 0 Å². The molecule has 2 rings (SSSR count). The van der Waals surface area contributed by atoms with E-state index >= 15 is 0 Å². The van der Waals surface area contributed by atoms with Gasteiger partial charge in [-0.15, -0.1) is 0 Å². The number of aryl methyl sites for hydroxylation is 1. The molecule has 1 heterocycles. The normalized spacial score (nSPS) is 12.7. The molecule has 1 atom stereocenters. The quantitative estimate of drug-likeness (QED) is 0.890. The Hall–Kier alpha value is -1.69. The zero-order chi connectivity index (χ0) is 13.1. The van der Waals surface area contributed by atoms with Crippen LogP contribution in [0, 0.1) is 0 Å². The summed E-state index contributed by atoms with van der Waals surface area (Å²) in [4.78, 5) is 15.0. The Kier molecular flexibility index (Phi) is 3.76. The predicted molar refractivity (Wildman–Crippen MR) is 70.2 cm³/mol. The van der Waals surface area contributed by atoms with E-state index in [1.165, 1.54) is 0 Å². The molecule has 1 unspecified atom stereocenters. The molecule has 5 nitrogen and oxygen atoms in total. The van der Waals surface area contributed by atoms with Crippen LogP contribution in [0.4, 0.5) is 0 Å². The zero-order valence-corrected chi connectivity index (χ0v) is 10.8. The van der Waals surface area contributed by atoms with Gasteiger partial charge in [-0.2, -0.15) is 0 Å². The summed E-state index contributed by atoms with van der Waals surface area (Å²) in [7, 11) is -0.809.